The molecule has 2 aliphatic rings. The van der Waals surface area contributed by atoms with E-state index < -0.39 is 0 Å². The fourth-order valence-electron chi connectivity index (χ4n) is 3.99. The van der Waals surface area contributed by atoms with E-state index in [2.05, 4.69) is 41.4 Å². The summed E-state index contributed by atoms with van der Waals surface area (Å²) < 4.78 is 0. The van der Waals surface area contributed by atoms with Gasteiger partial charge in [-0.25, -0.2) is 0 Å². The minimum Gasteiger partial charge on any atom is -0.342 e. The molecule has 22 heavy (non-hydrogen) atoms. The van der Waals surface area contributed by atoms with Crippen molar-refractivity contribution in [2.75, 3.05) is 20.1 Å². The van der Waals surface area contributed by atoms with Crippen LogP contribution in [-0.2, 0) is 16.6 Å². The zero-order valence-electron chi connectivity index (χ0n) is 13.6. The molecule has 1 aromatic rings. The molecule has 0 spiro atoms. The van der Waals surface area contributed by atoms with Gasteiger partial charge in [-0.2, -0.15) is 0 Å². The lowest BCUT2D eigenvalue weighted by atomic mass is 9.70. The molecule has 4 heteroatoms. The Morgan fingerprint density at radius 3 is 2.64 bits per heavy atom. The number of hydrogen-bond donors (Lipinski definition) is 1. The summed E-state index contributed by atoms with van der Waals surface area (Å²) in [5.74, 6) is 0.337. The van der Waals surface area contributed by atoms with Crippen LogP contribution in [0.1, 0.15) is 43.7 Å². The number of fused-ring (bicyclic) bond motifs is 1. The maximum atomic E-state index is 13.1. The van der Waals surface area contributed by atoms with Crippen LogP contribution in [0.25, 0.3) is 0 Å². The maximum absolute atomic E-state index is 13.1. The summed E-state index contributed by atoms with van der Waals surface area (Å²) in [6.07, 6.45) is 5.35. The van der Waals surface area contributed by atoms with E-state index in [4.69, 9.17) is 0 Å². The Kier molecular flexibility index (Phi) is 5.51. The van der Waals surface area contributed by atoms with E-state index in [1.807, 2.05) is 7.05 Å². The van der Waals surface area contributed by atoms with Crippen LogP contribution in [0.5, 0.6) is 0 Å². The highest BCUT2D eigenvalue weighted by molar-refractivity contribution is 5.88. The lowest BCUT2D eigenvalue weighted by Gasteiger charge is -2.41. The Morgan fingerprint density at radius 2 is 1.95 bits per heavy atom. The first-order chi connectivity index (χ1) is 10.1. The molecule has 1 heterocycles. The lowest BCUT2D eigenvalue weighted by Crippen LogP contribution is -2.51. The molecule has 0 bridgehead atoms. The first-order valence-electron chi connectivity index (χ1n) is 8.20. The predicted octanol–water partition coefficient (Wildman–Crippen LogP) is 2.91. The maximum Gasteiger partial charge on any atom is 0.232 e. The quantitative estimate of drug-likeness (QED) is 0.908. The Hall–Kier alpha value is -1.06. The Labute approximate surface area is 139 Å². The zero-order valence-corrected chi connectivity index (χ0v) is 14.4. The van der Waals surface area contributed by atoms with Gasteiger partial charge in [0.25, 0.3) is 0 Å². The molecular formula is C18H27ClN2O. The average Bonchev–Trinajstić information content (AvgIpc) is 2.55. The lowest BCUT2D eigenvalue weighted by molar-refractivity contribution is -0.138. The van der Waals surface area contributed by atoms with Gasteiger partial charge in [0.15, 0.2) is 0 Å². The van der Waals surface area contributed by atoms with Crippen molar-refractivity contribution in [2.24, 2.45) is 0 Å². The standard InChI is InChI=1S/C18H26N2O.ClH/c1-18(11-5-7-14-6-3-4-8-16(14)18)17(21)20-12-9-15(19-2)10-13-20;/h3-4,6,8,15,19H,5,7,9-13H2,1-2H3;1H. The number of halogens is 1. The van der Waals surface area contributed by atoms with E-state index in [0.717, 1.165) is 45.2 Å². The summed E-state index contributed by atoms with van der Waals surface area (Å²) in [4.78, 5) is 15.2. The minimum absolute atomic E-state index is 0. The first-order valence-corrected chi connectivity index (χ1v) is 8.20. The van der Waals surface area contributed by atoms with Crippen LogP contribution in [0, 0.1) is 0 Å². The largest absolute Gasteiger partial charge is 0.342 e. The number of piperidine rings is 1. The highest BCUT2D eigenvalue weighted by atomic mass is 35.5. The molecule has 1 fully saturated rings. The number of aryl methyl sites for hydroxylation is 1. The normalized spacial score (nSPS) is 25.3. The number of hydrogen-bond acceptors (Lipinski definition) is 2. The van der Waals surface area contributed by atoms with E-state index in [1.54, 1.807) is 0 Å². The van der Waals surface area contributed by atoms with E-state index in [-0.39, 0.29) is 17.8 Å². The van der Waals surface area contributed by atoms with Gasteiger partial charge < -0.3 is 10.2 Å². The second-order valence-corrected chi connectivity index (χ2v) is 6.70. The molecule has 3 nitrogen and oxygen atoms in total. The van der Waals surface area contributed by atoms with Crippen LogP contribution in [-0.4, -0.2) is 37.0 Å². The van der Waals surface area contributed by atoms with Crippen molar-refractivity contribution < 1.29 is 4.79 Å². The second-order valence-electron chi connectivity index (χ2n) is 6.70. The predicted molar refractivity (Wildman–Crippen MR) is 92.6 cm³/mol. The van der Waals surface area contributed by atoms with Gasteiger partial charge in [0.2, 0.25) is 5.91 Å². The van der Waals surface area contributed by atoms with Crippen LogP contribution < -0.4 is 5.32 Å². The zero-order chi connectivity index (χ0) is 14.9. The molecule has 1 aliphatic carbocycles. The molecule has 1 amide bonds. The van der Waals surface area contributed by atoms with Gasteiger partial charge >= 0.3 is 0 Å². The van der Waals surface area contributed by atoms with Crippen LogP contribution in [0.15, 0.2) is 24.3 Å². The van der Waals surface area contributed by atoms with Crippen LogP contribution in [0.3, 0.4) is 0 Å². The molecule has 1 aliphatic heterocycles. The number of carbonyl (C=O) groups is 1. The molecular weight excluding hydrogens is 296 g/mol. The summed E-state index contributed by atoms with van der Waals surface area (Å²) in [5.41, 5.74) is 2.31. The summed E-state index contributed by atoms with van der Waals surface area (Å²) in [6, 6.07) is 9.08. The van der Waals surface area contributed by atoms with Gasteiger partial charge in [-0.05, 0) is 57.2 Å². The fourth-order valence-corrected chi connectivity index (χ4v) is 3.99. The Balaban J connectivity index is 0.00000176. The molecule has 1 N–H and O–H groups in total. The molecule has 3 rings (SSSR count). The van der Waals surface area contributed by atoms with Crippen molar-refractivity contribution in [3.8, 4) is 0 Å². The SMILES string of the molecule is CNC1CCN(C(=O)C2(C)CCCc3ccccc32)CC1.Cl. The van der Waals surface area contributed by atoms with Gasteiger partial charge in [-0.3, -0.25) is 4.79 Å². The number of rotatable bonds is 2. The molecule has 1 atom stereocenters. The molecule has 0 aromatic heterocycles. The van der Waals surface area contributed by atoms with Gasteiger partial charge in [-0.1, -0.05) is 24.3 Å². The van der Waals surface area contributed by atoms with Gasteiger partial charge in [0, 0.05) is 19.1 Å². The fraction of sp³-hybridized carbons (Fsp3) is 0.611. The van der Waals surface area contributed by atoms with E-state index in [1.165, 1.54) is 11.1 Å². The molecule has 0 radical (unpaired) electrons. The average molecular weight is 323 g/mol. The van der Waals surface area contributed by atoms with Crippen molar-refractivity contribution in [2.45, 2.75) is 50.5 Å². The van der Waals surface area contributed by atoms with E-state index in [0.29, 0.717) is 11.9 Å². The second kappa shape index (κ2) is 7.01. The van der Waals surface area contributed by atoms with Crippen molar-refractivity contribution in [3.05, 3.63) is 35.4 Å². The smallest absolute Gasteiger partial charge is 0.232 e. The Bertz CT molecular complexity index is 526. The number of nitrogens with one attached hydrogen (secondary N) is 1. The number of benzene rings is 1. The monoisotopic (exact) mass is 322 g/mol. The molecule has 1 unspecified atom stereocenters. The minimum atomic E-state index is -0.318. The van der Waals surface area contributed by atoms with Crippen LogP contribution in [0.2, 0.25) is 0 Å². The summed E-state index contributed by atoms with van der Waals surface area (Å²) in [6.45, 7) is 3.93. The summed E-state index contributed by atoms with van der Waals surface area (Å²) >= 11 is 0. The van der Waals surface area contributed by atoms with Crippen LogP contribution >= 0.6 is 12.4 Å². The van der Waals surface area contributed by atoms with Crippen molar-refractivity contribution in [3.63, 3.8) is 0 Å². The number of amides is 1. The number of likely N-dealkylation sites (tertiary alicyclic amines) is 1. The highest BCUT2D eigenvalue weighted by Gasteiger charge is 2.41. The summed E-state index contributed by atoms with van der Waals surface area (Å²) in [7, 11) is 2.01. The molecule has 0 saturated carbocycles. The van der Waals surface area contributed by atoms with Crippen molar-refractivity contribution >= 4 is 18.3 Å². The Morgan fingerprint density at radius 1 is 1.27 bits per heavy atom. The molecule has 122 valence electrons. The molecule has 1 aromatic carbocycles. The van der Waals surface area contributed by atoms with Gasteiger partial charge in [0.05, 0.1) is 5.41 Å². The van der Waals surface area contributed by atoms with E-state index in [9.17, 15) is 4.79 Å². The first kappa shape index (κ1) is 17.3. The summed E-state index contributed by atoms with van der Waals surface area (Å²) in [5, 5.41) is 3.33. The van der Waals surface area contributed by atoms with Crippen molar-refractivity contribution in [1.29, 1.82) is 0 Å². The topological polar surface area (TPSA) is 32.3 Å². The third-order valence-corrected chi connectivity index (χ3v) is 5.40. The van der Waals surface area contributed by atoms with Crippen LogP contribution in [0.4, 0.5) is 0 Å². The number of carbonyl (C=O) groups excluding carboxylic acids is 1. The van der Waals surface area contributed by atoms with Crippen molar-refractivity contribution in [1.82, 2.24) is 10.2 Å². The third kappa shape index (κ3) is 3.02. The highest BCUT2D eigenvalue weighted by Crippen LogP contribution is 2.39. The number of nitrogens with zero attached hydrogens (tertiary/aromatic N) is 1. The van der Waals surface area contributed by atoms with E-state index >= 15 is 0 Å². The molecule has 1 saturated heterocycles. The third-order valence-electron chi connectivity index (χ3n) is 5.40. The van der Waals surface area contributed by atoms with Gasteiger partial charge in [-0.15, -0.1) is 12.4 Å². The van der Waals surface area contributed by atoms with Gasteiger partial charge in [0.1, 0.15) is 0 Å².